The van der Waals surface area contributed by atoms with E-state index >= 15 is 0 Å². The van der Waals surface area contributed by atoms with Crippen LogP contribution in [-0.2, 0) is 45.4 Å². The van der Waals surface area contributed by atoms with Crippen LogP contribution in [0.5, 0.6) is 5.75 Å². The fourth-order valence-corrected chi connectivity index (χ4v) is 12.9. The minimum Gasteiger partial charge on any atom is -0.483 e. The molecule has 4 heterocycles. The number of likely N-dealkylation sites (N-methyl/N-ethyl adjacent to an activating group) is 1. The van der Waals surface area contributed by atoms with E-state index in [1.165, 1.54) is 23.9 Å². The van der Waals surface area contributed by atoms with Gasteiger partial charge in [0.1, 0.15) is 24.0 Å². The van der Waals surface area contributed by atoms with Crippen LogP contribution < -0.4 is 25.6 Å². The number of amides is 3. The van der Waals surface area contributed by atoms with Crippen LogP contribution in [-0.4, -0.2) is 128 Å². The minimum atomic E-state index is -1.14. The lowest BCUT2D eigenvalue weighted by molar-refractivity contribution is -0.122. The molecule has 2 fully saturated rings. The molecule has 0 aliphatic carbocycles. The number of esters is 1. The fraction of sp³-hybridized carbons (Fsp3) is 0.429. The molecule has 0 spiro atoms. The second-order valence-electron chi connectivity index (χ2n) is 18.8. The van der Waals surface area contributed by atoms with Crippen LogP contribution in [0.1, 0.15) is 103 Å². The standard InChI is InChI=1S/C30H36ClN3O5S2.C23H25N3O4.C3H8O/c1-5-38-29(36)28-26(39-15-14-35)25(31)27(40-28)21-9-7-11-23(17-21)33-24-12-13-34(30(2,3)18-24)41(37)19-20-8-6-10-22(16-20)32-4;1-24-22(29)20(6-3-13-27)26-19-8-7-16(15-9-11-25(14-28)12-10-15)17-4-2-5-18(21(17)19)23(26)30;1-3-4-2/h6-11,14,16-17,24,32-33H,5,12-13,15,18-19H2,1-4H3;2,4-5,7-8,13-15,20H,3,6,9-12H2,1H3,(H,24,29);3H2,1-2H3. The zero-order valence-corrected chi connectivity index (χ0v) is 46.2. The van der Waals surface area contributed by atoms with Crippen molar-refractivity contribution in [3.05, 3.63) is 105 Å². The first kappa shape index (κ1) is 58.1. The van der Waals surface area contributed by atoms with Crippen LogP contribution in [0.3, 0.4) is 0 Å². The highest BCUT2D eigenvalue weighted by molar-refractivity contribution is 7.81. The molecule has 0 radical (unpaired) electrons. The molecule has 3 N–H and O–H groups in total. The van der Waals surface area contributed by atoms with E-state index in [-0.39, 0.29) is 65.1 Å². The predicted octanol–water partition coefficient (Wildman–Crippen LogP) is 9.27. The van der Waals surface area contributed by atoms with E-state index in [0.29, 0.717) is 34.9 Å². The molecule has 0 saturated carbocycles. The maximum Gasteiger partial charge on any atom is 0.352 e. The molecule has 1 aromatic heterocycles. The van der Waals surface area contributed by atoms with Gasteiger partial charge in [-0.3, -0.25) is 24.1 Å². The number of hydrogen-bond acceptors (Lipinski definition) is 13. The third-order valence-corrected chi connectivity index (χ3v) is 16.9. The van der Waals surface area contributed by atoms with Crippen molar-refractivity contribution < 1.29 is 47.2 Å². The summed E-state index contributed by atoms with van der Waals surface area (Å²) in [5, 5.41) is 11.6. The molecular formula is C56H69ClN6O10S2. The Hall–Kier alpha value is -6.18. The molecule has 3 unspecified atom stereocenters. The number of likely N-dealkylation sites (tertiary alicyclic amines) is 1. The van der Waals surface area contributed by atoms with Gasteiger partial charge in [-0.1, -0.05) is 54.1 Å². The van der Waals surface area contributed by atoms with Crippen molar-refractivity contribution in [3.63, 3.8) is 0 Å². The molecule has 5 aromatic rings. The number of thiophene rings is 1. The highest BCUT2D eigenvalue weighted by Crippen LogP contribution is 2.47. The summed E-state index contributed by atoms with van der Waals surface area (Å²) in [7, 11) is 3.95. The molecular weight excluding hydrogens is 1020 g/mol. The van der Waals surface area contributed by atoms with Gasteiger partial charge in [0, 0.05) is 87.8 Å². The zero-order valence-electron chi connectivity index (χ0n) is 43.8. The smallest absolute Gasteiger partial charge is 0.352 e. The zero-order chi connectivity index (χ0) is 54.2. The summed E-state index contributed by atoms with van der Waals surface area (Å²) in [5.74, 6) is -0.0660. The fourth-order valence-electron chi connectivity index (χ4n) is 9.85. The molecule has 4 aromatic carbocycles. The number of methoxy groups -OCH3 is 1. The molecule has 3 aliphatic heterocycles. The Morgan fingerprint density at radius 2 is 1.64 bits per heavy atom. The number of piperidine rings is 2. The Kier molecular flexibility index (Phi) is 21.3. The summed E-state index contributed by atoms with van der Waals surface area (Å²) in [6.07, 6.45) is 6.18. The summed E-state index contributed by atoms with van der Waals surface area (Å²) in [6.45, 7) is 10.9. The van der Waals surface area contributed by atoms with E-state index in [9.17, 15) is 33.0 Å². The Balaban J connectivity index is 0.000000237. The van der Waals surface area contributed by atoms with Crippen molar-refractivity contribution in [2.45, 2.75) is 95.5 Å². The molecule has 0 bridgehead atoms. The molecule has 402 valence electrons. The lowest BCUT2D eigenvalue weighted by Gasteiger charge is -2.44. The van der Waals surface area contributed by atoms with Gasteiger partial charge in [-0.25, -0.2) is 13.3 Å². The van der Waals surface area contributed by atoms with E-state index in [0.717, 1.165) is 97.0 Å². The van der Waals surface area contributed by atoms with Crippen molar-refractivity contribution in [3.8, 4) is 16.2 Å². The number of anilines is 3. The van der Waals surface area contributed by atoms with E-state index < -0.39 is 23.0 Å². The summed E-state index contributed by atoms with van der Waals surface area (Å²) in [5.41, 5.74) is 6.01. The first-order valence-electron chi connectivity index (χ1n) is 25.3. The summed E-state index contributed by atoms with van der Waals surface area (Å²) >= 11 is 7.83. The topological polar surface area (TPSA) is 193 Å². The number of carbonyl (C=O) groups excluding carboxylic acids is 6. The molecule has 16 nitrogen and oxygen atoms in total. The van der Waals surface area contributed by atoms with Crippen LogP contribution in [0.15, 0.2) is 78.9 Å². The average Bonchev–Trinajstić information content (AvgIpc) is 3.93. The number of halogens is 1. The quantitative estimate of drug-likeness (QED) is 0.0495. The van der Waals surface area contributed by atoms with Gasteiger partial charge in [0.15, 0.2) is 16.9 Å². The van der Waals surface area contributed by atoms with Crippen molar-refractivity contribution in [1.29, 1.82) is 0 Å². The van der Waals surface area contributed by atoms with Gasteiger partial charge in [-0.15, -0.1) is 11.3 Å². The molecule has 75 heavy (non-hydrogen) atoms. The molecule has 19 heteroatoms. The Morgan fingerprint density at radius 3 is 2.29 bits per heavy atom. The van der Waals surface area contributed by atoms with Gasteiger partial charge in [-0.05, 0) is 124 Å². The van der Waals surface area contributed by atoms with Gasteiger partial charge in [0.25, 0.3) is 5.91 Å². The van der Waals surface area contributed by atoms with E-state index in [2.05, 4.69) is 44.9 Å². The average molecular weight is 1090 g/mol. The van der Waals surface area contributed by atoms with Crippen molar-refractivity contribution in [2.75, 3.05) is 76.2 Å². The molecule has 2 saturated heterocycles. The van der Waals surface area contributed by atoms with Gasteiger partial charge in [0.05, 0.1) is 33.9 Å². The van der Waals surface area contributed by atoms with Gasteiger partial charge >= 0.3 is 5.97 Å². The Morgan fingerprint density at radius 1 is 0.920 bits per heavy atom. The van der Waals surface area contributed by atoms with Gasteiger partial charge in [-0.2, -0.15) is 0 Å². The maximum atomic E-state index is 13.4. The summed E-state index contributed by atoms with van der Waals surface area (Å²) in [6, 6.07) is 25.0. The Bertz CT molecular complexity index is 2830. The third kappa shape index (κ3) is 14.0. The lowest BCUT2D eigenvalue weighted by atomic mass is 9.85. The monoisotopic (exact) mass is 1080 g/mol. The highest BCUT2D eigenvalue weighted by Gasteiger charge is 2.40. The number of aldehydes is 2. The summed E-state index contributed by atoms with van der Waals surface area (Å²) in [4.78, 5) is 75.5. The van der Waals surface area contributed by atoms with E-state index in [4.69, 9.17) is 21.1 Å². The molecule has 8 rings (SSSR count). The number of benzene rings is 4. The Labute approximate surface area is 451 Å². The highest BCUT2D eigenvalue weighted by atomic mass is 35.5. The van der Waals surface area contributed by atoms with Crippen LogP contribution in [0.25, 0.3) is 21.2 Å². The lowest BCUT2D eigenvalue weighted by Crippen LogP contribution is -2.53. The minimum absolute atomic E-state index is 0.162. The first-order valence-corrected chi connectivity index (χ1v) is 27.7. The molecule has 3 amide bonds. The summed E-state index contributed by atoms with van der Waals surface area (Å²) < 4.78 is 30.7. The molecule has 3 aliphatic rings. The largest absolute Gasteiger partial charge is 0.483 e. The van der Waals surface area contributed by atoms with Crippen molar-refractivity contribution >= 4 is 98.5 Å². The predicted molar refractivity (Wildman–Crippen MR) is 299 cm³/mol. The molecule has 3 atom stereocenters. The second kappa shape index (κ2) is 27.6. The van der Waals surface area contributed by atoms with Gasteiger partial charge < -0.3 is 39.9 Å². The second-order valence-corrected chi connectivity index (χ2v) is 21.6. The number of rotatable bonds is 20. The van der Waals surface area contributed by atoms with Gasteiger partial charge in [0.2, 0.25) is 12.3 Å². The number of nitrogens with one attached hydrogen (secondary N) is 3. The van der Waals surface area contributed by atoms with E-state index in [1.807, 2.05) is 80.7 Å². The number of ether oxygens (including phenoxy) is 3. The van der Waals surface area contributed by atoms with Crippen LogP contribution >= 0.6 is 22.9 Å². The SMILES string of the molecule is CCOC.CCOC(=O)c1sc(-c2cccc(NC3CCN(S(=O)Cc4cccc(NC)c4)C(C)(C)C3)c2)c(Cl)c1OCC=O.CNC(=O)C(CCC=O)N1C(=O)c2cccc3c(C4CCN(C=O)CC4)ccc1c23. The van der Waals surface area contributed by atoms with Crippen molar-refractivity contribution in [1.82, 2.24) is 14.5 Å². The van der Waals surface area contributed by atoms with Crippen molar-refractivity contribution in [2.24, 2.45) is 0 Å². The van der Waals surface area contributed by atoms with Crippen LogP contribution in [0.2, 0.25) is 5.02 Å². The van der Waals surface area contributed by atoms with Crippen LogP contribution in [0.4, 0.5) is 17.1 Å². The normalized spacial score (nSPS) is 16.9. The van der Waals surface area contributed by atoms with Crippen LogP contribution in [0, 0.1) is 0 Å². The number of carbonyl (C=O) groups is 6. The first-order chi connectivity index (χ1) is 36.2. The maximum absolute atomic E-state index is 13.4. The van der Waals surface area contributed by atoms with E-state index in [1.54, 1.807) is 29.9 Å². The third-order valence-electron chi connectivity index (χ3n) is 13.5. The number of nitrogens with zero attached hydrogens (tertiary/aromatic N) is 3. The number of hydrogen-bond donors (Lipinski definition) is 3.